The fourth-order valence-corrected chi connectivity index (χ4v) is 10.5. The normalized spacial score (nSPS) is 11.9. The molecule has 5 heterocycles. The Kier molecular flexibility index (Phi) is 7.17. The average molecular weight is 765 g/mol. The third-order valence-electron chi connectivity index (χ3n) is 10.7. The van der Waals surface area contributed by atoms with E-state index >= 15 is 0 Å². The first-order chi connectivity index (χ1) is 28.3. The second-order valence-corrected chi connectivity index (χ2v) is 16.1. The number of hydrogen-bond acceptors (Lipinski definition) is 7. The molecule has 12 rings (SSSR count). The molecule has 0 bridgehead atoms. The van der Waals surface area contributed by atoms with E-state index in [0.717, 1.165) is 63.8 Å². The van der Waals surface area contributed by atoms with Crippen LogP contribution in [-0.4, -0.2) is 29.5 Å². The zero-order chi connectivity index (χ0) is 37.5. The summed E-state index contributed by atoms with van der Waals surface area (Å²) >= 11 is 3.44. The molecule has 8 heteroatoms. The predicted molar refractivity (Wildman–Crippen MR) is 237 cm³/mol. The van der Waals surface area contributed by atoms with Gasteiger partial charge in [0.05, 0.1) is 21.3 Å². The zero-order valence-corrected chi connectivity index (χ0v) is 31.8. The molecule has 0 atom stereocenters. The Morgan fingerprint density at radius 3 is 1.77 bits per heavy atom. The number of aromatic nitrogens is 6. The Balaban J connectivity index is 1.18. The van der Waals surface area contributed by atoms with Crippen LogP contribution in [0.25, 0.3) is 114 Å². The van der Waals surface area contributed by atoms with Gasteiger partial charge in [-0.1, -0.05) is 127 Å². The molecule has 0 spiro atoms. The van der Waals surface area contributed by atoms with Gasteiger partial charge < -0.3 is 4.57 Å². The number of nitrogens with zero attached hydrogens (tertiary/aromatic N) is 6. The van der Waals surface area contributed by atoms with Crippen molar-refractivity contribution in [2.24, 2.45) is 0 Å². The SMILES string of the molecule is c1ccc(-c2nc(-c3cccc4c3sc3ccccc34)nc(-c3nc(-c4cccc5c6ccccc6n(-c6ccccc6)c45)nc4c3sc3ccccc34)n2)cc1. The van der Waals surface area contributed by atoms with Gasteiger partial charge in [0, 0.05) is 63.4 Å². The third-order valence-corrected chi connectivity index (χ3v) is 13.1. The largest absolute Gasteiger partial charge is 0.309 e. The van der Waals surface area contributed by atoms with E-state index in [1.54, 1.807) is 22.7 Å². The van der Waals surface area contributed by atoms with Crippen LogP contribution in [0, 0.1) is 0 Å². The Hall–Kier alpha value is -7.13. The predicted octanol–water partition coefficient (Wildman–Crippen LogP) is 13.2. The molecule has 0 radical (unpaired) electrons. The smallest absolute Gasteiger partial charge is 0.184 e. The van der Waals surface area contributed by atoms with E-state index in [9.17, 15) is 0 Å². The highest BCUT2D eigenvalue weighted by atomic mass is 32.1. The van der Waals surface area contributed by atoms with Crippen LogP contribution in [0.15, 0.2) is 170 Å². The summed E-state index contributed by atoms with van der Waals surface area (Å²) in [4.78, 5) is 26.7. The van der Waals surface area contributed by atoms with Gasteiger partial charge >= 0.3 is 0 Å². The van der Waals surface area contributed by atoms with Gasteiger partial charge in [0.15, 0.2) is 23.3 Å². The van der Waals surface area contributed by atoms with Crippen molar-refractivity contribution in [2.45, 2.75) is 0 Å². The topological polar surface area (TPSA) is 69.4 Å². The van der Waals surface area contributed by atoms with Gasteiger partial charge in [0.25, 0.3) is 0 Å². The summed E-state index contributed by atoms with van der Waals surface area (Å²) < 4.78 is 6.77. The number of benzene rings is 7. The second-order valence-electron chi connectivity index (χ2n) is 14.0. The van der Waals surface area contributed by atoms with Crippen LogP contribution in [0.1, 0.15) is 0 Å². The lowest BCUT2D eigenvalue weighted by Crippen LogP contribution is -2.03. The molecular formula is C49H28N6S2. The van der Waals surface area contributed by atoms with E-state index in [1.807, 2.05) is 30.3 Å². The minimum Gasteiger partial charge on any atom is -0.309 e. The standard InChI is InChI=1S/C49H28N6S2/c1-3-15-29(16-4-1)46-52-48(37-25-14-23-34-32-20-8-11-27-39(32)56-44(34)37)54-49(53-46)42-45-41(35-21-9-12-28-40(35)57-45)50-47(51-42)36-24-13-22-33-31-19-7-10-26-38(31)55(43(33)36)30-17-5-2-6-18-30/h1-28H. The fraction of sp³-hybridized carbons (Fsp3) is 0. The zero-order valence-electron chi connectivity index (χ0n) is 30.2. The first-order valence-electron chi connectivity index (χ1n) is 18.8. The molecule has 0 N–H and O–H groups in total. The lowest BCUT2D eigenvalue weighted by atomic mass is 10.1. The van der Waals surface area contributed by atoms with Gasteiger partial charge in [-0.05, 0) is 42.5 Å². The summed E-state index contributed by atoms with van der Waals surface area (Å²) in [7, 11) is 0. The van der Waals surface area contributed by atoms with E-state index in [1.165, 1.54) is 20.9 Å². The lowest BCUT2D eigenvalue weighted by Gasteiger charge is -2.13. The van der Waals surface area contributed by atoms with E-state index in [2.05, 4.69) is 144 Å². The number of para-hydroxylation sites is 3. The van der Waals surface area contributed by atoms with Crippen molar-refractivity contribution in [3.8, 4) is 51.4 Å². The lowest BCUT2D eigenvalue weighted by molar-refractivity contribution is 1.06. The summed E-state index contributed by atoms with van der Waals surface area (Å²) in [5.74, 6) is 2.32. The van der Waals surface area contributed by atoms with Crippen molar-refractivity contribution in [3.05, 3.63) is 170 Å². The molecule has 0 saturated heterocycles. The number of rotatable bonds is 5. The minimum absolute atomic E-state index is 0.507. The first kappa shape index (κ1) is 32.1. The van der Waals surface area contributed by atoms with E-state index in [0.29, 0.717) is 29.0 Å². The van der Waals surface area contributed by atoms with Crippen LogP contribution in [0.4, 0.5) is 0 Å². The summed E-state index contributed by atoms with van der Waals surface area (Å²) in [6.07, 6.45) is 0. The molecule has 12 aromatic rings. The van der Waals surface area contributed by atoms with Gasteiger partial charge in [0.1, 0.15) is 5.69 Å². The molecule has 0 aliphatic carbocycles. The van der Waals surface area contributed by atoms with Crippen LogP contribution in [0.5, 0.6) is 0 Å². The minimum atomic E-state index is 0.507. The molecule has 0 aliphatic rings. The van der Waals surface area contributed by atoms with Crippen LogP contribution in [0.2, 0.25) is 0 Å². The van der Waals surface area contributed by atoms with Crippen LogP contribution in [0.3, 0.4) is 0 Å². The maximum absolute atomic E-state index is 5.49. The van der Waals surface area contributed by atoms with Crippen molar-refractivity contribution in [1.29, 1.82) is 0 Å². The number of hydrogen-bond donors (Lipinski definition) is 0. The molecule has 0 aliphatic heterocycles. The number of fused-ring (bicyclic) bond motifs is 9. The average Bonchev–Trinajstić information content (AvgIpc) is 3.96. The monoisotopic (exact) mass is 764 g/mol. The van der Waals surface area contributed by atoms with E-state index in [-0.39, 0.29) is 0 Å². The maximum Gasteiger partial charge on any atom is 0.184 e. The highest BCUT2D eigenvalue weighted by Crippen LogP contribution is 2.43. The van der Waals surface area contributed by atoms with Gasteiger partial charge in [-0.15, -0.1) is 22.7 Å². The molecule has 0 unspecified atom stereocenters. The molecule has 57 heavy (non-hydrogen) atoms. The fourth-order valence-electron chi connectivity index (χ4n) is 8.15. The molecular weight excluding hydrogens is 737 g/mol. The van der Waals surface area contributed by atoms with Crippen molar-refractivity contribution in [2.75, 3.05) is 0 Å². The van der Waals surface area contributed by atoms with Crippen molar-refractivity contribution in [1.82, 2.24) is 29.5 Å². The molecule has 7 aromatic carbocycles. The highest BCUT2D eigenvalue weighted by molar-refractivity contribution is 7.26. The Bertz CT molecular complexity index is 3530. The van der Waals surface area contributed by atoms with E-state index in [4.69, 9.17) is 24.9 Å². The van der Waals surface area contributed by atoms with Gasteiger partial charge in [-0.2, -0.15) is 0 Å². The molecule has 0 fully saturated rings. The van der Waals surface area contributed by atoms with Gasteiger partial charge in [0.2, 0.25) is 0 Å². The maximum atomic E-state index is 5.49. The quantitative estimate of drug-likeness (QED) is 0.175. The summed E-state index contributed by atoms with van der Waals surface area (Å²) in [6.45, 7) is 0. The molecule has 5 aromatic heterocycles. The van der Waals surface area contributed by atoms with Crippen LogP contribution < -0.4 is 0 Å². The van der Waals surface area contributed by atoms with Gasteiger partial charge in [-0.3, -0.25) is 0 Å². The first-order valence-corrected chi connectivity index (χ1v) is 20.4. The molecule has 0 amide bonds. The van der Waals surface area contributed by atoms with Crippen molar-refractivity contribution < 1.29 is 0 Å². The molecule has 6 nitrogen and oxygen atoms in total. The van der Waals surface area contributed by atoms with E-state index < -0.39 is 0 Å². The summed E-state index contributed by atoms with van der Waals surface area (Å²) in [6, 6.07) is 59.1. The Labute approximate surface area is 334 Å². The Morgan fingerprint density at radius 1 is 0.368 bits per heavy atom. The summed E-state index contributed by atoms with van der Waals surface area (Å²) in [5.41, 5.74) is 7.61. The highest BCUT2D eigenvalue weighted by Gasteiger charge is 2.24. The third kappa shape index (κ3) is 5.05. The van der Waals surface area contributed by atoms with Crippen LogP contribution in [-0.2, 0) is 0 Å². The summed E-state index contributed by atoms with van der Waals surface area (Å²) in [5, 5.41) is 5.80. The van der Waals surface area contributed by atoms with Crippen LogP contribution >= 0.6 is 22.7 Å². The molecule has 266 valence electrons. The Morgan fingerprint density at radius 2 is 0.947 bits per heavy atom. The van der Waals surface area contributed by atoms with Crippen molar-refractivity contribution >= 4 is 85.0 Å². The van der Waals surface area contributed by atoms with Crippen molar-refractivity contribution in [3.63, 3.8) is 0 Å². The molecule has 0 saturated carbocycles. The number of thiophene rings is 2. The van der Waals surface area contributed by atoms with Gasteiger partial charge in [-0.25, -0.2) is 24.9 Å². The second kappa shape index (κ2) is 12.7.